The summed E-state index contributed by atoms with van der Waals surface area (Å²) in [5.74, 6) is 2.91. The number of benzene rings is 2. The van der Waals surface area contributed by atoms with E-state index >= 15 is 0 Å². The first-order chi connectivity index (χ1) is 13.2. The first-order valence-corrected chi connectivity index (χ1v) is 9.46. The van der Waals surface area contributed by atoms with Crippen LogP contribution in [0.5, 0.6) is 11.5 Å². The summed E-state index contributed by atoms with van der Waals surface area (Å²) < 4.78 is 10.7. The molecule has 1 unspecified atom stereocenters. The van der Waals surface area contributed by atoms with Crippen LogP contribution in [0.25, 0.3) is 0 Å². The number of guanidine groups is 1. The maximum atomic E-state index is 5.46. The van der Waals surface area contributed by atoms with E-state index in [0.29, 0.717) is 6.54 Å². The highest BCUT2D eigenvalue weighted by atomic mass is 127. The van der Waals surface area contributed by atoms with Crippen molar-refractivity contribution in [1.82, 2.24) is 10.6 Å². The van der Waals surface area contributed by atoms with E-state index in [1.807, 2.05) is 30.3 Å². The molecule has 6 heteroatoms. The molecule has 0 radical (unpaired) electrons. The number of para-hydroxylation sites is 1. The van der Waals surface area contributed by atoms with Gasteiger partial charge in [-0.2, -0.15) is 0 Å². The summed E-state index contributed by atoms with van der Waals surface area (Å²) in [6.45, 7) is 6.59. The third-order valence-corrected chi connectivity index (χ3v) is 4.40. The minimum atomic E-state index is 0. The van der Waals surface area contributed by atoms with Gasteiger partial charge in [-0.15, -0.1) is 24.0 Å². The van der Waals surface area contributed by atoms with E-state index in [2.05, 4.69) is 42.7 Å². The summed E-state index contributed by atoms with van der Waals surface area (Å²) in [5, 5.41) is 6.72. The molecule has 2 N–H and O–H groups in total. The van der Waals surface area contributed by atoms with Crippen LogP contribution in [0.3, 0.4) is 0 Å². The molecule has 0 spiro atoms. The second-order valence-electron chi connectivity index (χ2n) is 6.39. The summed E-state index contributed by atoms with van der Waals surface area (Å²) in [6.07, 6.45) is 0.927. The van der Waals surface area contributed by atoms with Gasteiger partial charge in [-0.1, -0.05) is 37.3 Å². The highest BCUT2D eigenvalue weighted by Gasteiger charge is 2.10. The molecule has 1 atom stereocenters. The predicted octanol–water partition coefficient (Wildman–Crippen LogP) is 4.22. The SMILES string of the molecule is CCNC(=NCC(C)c1ccccc1OC)NCCc1ccc(OC)cc1.I. The normalized spacial score (nSPS) is 11.9. The molecule has 0 aliphatic rings. The van der Waals surface area contributed by atoms with Gasteiger partial charge in [-0.25, -0.2) is 0 Å². The van der Waals surface area contributed by atoms with Gasteiger partial charge in [0, 0.05) is 25.6 Å². The third kappa shape index (κ3) is 7.58. The van der Waals surface area contributed by atoms with Gasteiger partial charge in [-0.3, -0.25) is 4.99 Å². The fraction of sp³-hybridized carbons (Fsp3) is 0.409. The van der Waals surface area contributed by atoms with Crippen LogP contribution < -0.4 is 20.1 Å². The van der Waals surface area contributed by atoms with Crippen molar-refractivity contribution < 1.29 is 9.47 Å². The molecule has 2 aromatic carbocycles. The minimum absolute atomic E-state index is 0. The average Bonchev–Trinajstić information content (AvgIpc) is 2.72. The van der Waals surface area contributed by atoms with Crippen LogP contribution in [0.2, 0.25) is 0 Å². The molecule has 0 saturated carbocycles. The van der Waals surface area contributed by atoms with Gasteiger partial charge in [0.2, 0.25) is 0 Å². The maximum absolute atomic E-state index is 5.46. The molecular formula is C22H32IN3O2. The van der Waals surface area contributed by atoms with E-state index < -0.39 is 0 Å². The van der Waals surface area contributed by atoms with Crippen molar-refractivity contribution in [3.05, 3.63) is 59.7 Å². The Labute approximate surface area is 186 Å². The summed E-state index contributed by atoms with van der Waals surface area (Å²) >= 11 is 0. The van der Waals surface area contributed by atoms with E-state index in [9.17, 15) is 0 Å². The number of ether oxygens (including phenoxy) is 2. The molecule has 5 nitrogen and oxygen atoms in total. The topological polar surface area (TPSA) is 54.9 Å². The van der Waals surface area contributed by atoms with Gasteiger partial charge in [0.15, 0.2) is 5.96 Å². The molecule has 28 heavy (non-hydrogen) atoms. The summed E-state index contributed by atoms with van der Waals surface area (Å²) in [5.41, 5.74) is 2.44. The molecular weight excluding hydrogens is 465 g/mol. The van der Waals surface area contributed by atoms with Crippen molar-refractivity contribution >= 4 is 29.9 Å². The summed E-state index contributed by atoms with van der Waals surface area (Å²) in [7, 11) is 3.39. The maximum Gasteiger partial charge on any atom is 0.191 e. The van der Waals surface area contributed by atoms with E-state index in [1.54, 1.807) is 14.2 Å². The lowest BCUT2D eigenvalue weighted by Gasteiger charge is -2.16. The number of halogens is 1. The van der Waals surface area contributed by atoms with Crippen LogP contribution in [0.15, 0.2) is 53.5 Å². The fourth-order valence-electron chi connectivity index (χ4n) is 2.86. The number of nitrogens with one attached hydrogen (secondary N) is 2. The Bertz CT molecular complexity index is 720. The number of methoxy groups -OCH3 is 2. The Morgan fingerprint density at radius 2 is 1.71 bits per heavy atom. The quantitative estimate of drug-likeness (QED) is 0.310. The van der Waals surface area contributed by atoms with Crippen LogP contribution >= 0.6 is 24.0 Å². The Kier molecular flexibility index (Phi) is 11.4. The zero-order valence-corrected chi connectivity index (χ0v) is 19.5. The number of hydrogen-bond donors (Lipinski definition) is 2. The first-order valence-electron chi connectivity index (χ1n) is 9.46. The minimum Gasteiger partial charge on any atom is -0.497 e. The molecule has 154 valence electrons. The van der Waals surface area contributed by atoms with Crippen LogP contribution in [0, 0.1) is 0 Å². The largest absolute Gasteiger partial charge is 0.497 e. The van der Waals surface area contributed by atoms with Gasteiger partial charge in [0.1, 0.15) is 11.5 Å². The van der Waals surface area contributed by atoms with Crippen molar-refractivity contribution in [2.24, 2.45) is 4.99 Å². The summed E-state index contributed by atoms with van der Waals surface area (Å²) in [4.78, 5) is 4.74. The van der Waals surface area contributed by atoms with Gasteiger partial charge in [-0.05, 0) is 42.7 Å². The smallest absolute Gasteiger partial charge is 0.191 e. The Hall–Kier alpha value is -1.96. The van der Waals surface area contributed by atoms with Crippen molar-refractivity contribution in [2.45, 2.75) is 26.2 Å². The van der Waals surface area contributed by atoms with Crippen molar-refractivity contribution in [3.8, 4) is 11.5 Å². The number of rotatable bonds is 9. The van der Waals surface area contributed by atoms with Crippen LogP contribution in [0.1, 0.15) is 30.9 Å². The highest BCUT2D eigenvalue weighted by Crippen LogP contribution is 2.26. The van der Waals surface area contributed by atoms with Gasteiger partial charge in [0.25, 0.3) is 0 Å². The monoisotopic (exact) mass is 497 g/mol. The lowest BCUT2D eigenvalue weighted by atomic mass is 10.0. The average molecular weight is 497 g/mol. The molecule has 0 bridgehead atoms. The molecule has 2 rings (SSSR count). The van der Waals surface area contributed by atoms with Crippen molar-refractivity contribution in [2.75, 3.05) is 33.9 Å². The molecule has 0 saturated heterocycles. The predicted molar refractivity (Wildman–Crippen MR) is 128 cm³/mol. The van der Waals surface area contributed by atoms with Crippen molar-refractivity contribution in [3.63, 3.8) is 0 Å². The zero-order chi connectivity index (χ0) is 19.5. The second kappa shape index (κ2) is 13.3. The van der Waals surface area contributed by atoms with E-state index in [-0.39, 0.29) is 29.9 Å². The Morgan fingerprint density at radius 1 is 1.00 bits per heavy atom. The molecule has 0 amide bonds. The highest BCUT2D eigenvalue weighted by molar-refractivity contribution is 14.0. The zero-order valence-electron chi connectivity index (χ0n) is 17.2. The van der Waals surface area contributed by atoms with E-state index in [1.165, 1.54) is 11.1 Å². The number of aliphatic imine (C=N–C) groups is 1. The third-order valence-electron chi connectivity index (χ3n) is 4.40. The standard InChI is InChI=1S/C22H31N3O2.HI/c1-5-23-22(24-15-14-18-10-12-19(26-3)13-11-18)25-16-17(2)20-8-6-7-9-21(20)27-4;/h6-13,17H,5,14-16H2,1-4H3,(H2,23,24,25);1H. The van der Waals surface area contributed by atoms with Crippen LogP contribution in [0.4, 0.5) is 0 Å². The summed E-state index contributed by atoms with van der Waals surface area (Å²) in [6, 6.07) is 16.3. The van der Waals surface area contributed by atoms with E-state index in [4.69, 9.17) is 14.5 Å². The Morgan fingerprint density at radius 3 is 2.36 bits per heavy atom. The number of hydrogen-bond acceptors (Lipinski definition) is 3. The number of nitrogens with zero attached hydrogens (tertiary/aromatic N) is 1. The van der Waals surface area contributed by atoms with Crippen molar-refractivity contribution in [1.29, 1.82) is 0 Å². The molecule has 2 aromatic rings. The fourth-order valence-corrected chi connectivity index (χ4v) is 2.86. The van der Waals surface area contributed by atoms with Crippen LogP contribution in [-0.2, 0) is 6.42 Å². The molecule has 0 aliphatic heterocycles. The van der Waals surface area contributed by atoms with Gasteiger partial charge < -0.3 is 20.1 Å². The molecule has 0 fully saturated rings. The molecule has 0 aliphatic carbocycles. The lowest BCUT2D eigenvalue weighted by Crippen LogP contribution is -2.38. The molecule has 0 aromatic heterocycles. The van der Waals surface area contributed by atoms with Gasteiger partial charge in [0.05, 0.1) is 14.2 Å². The first kappa shape index (κ1) is 24.1. The van der Waals surface area contributed by atoms with E-state index in [0.717, 1.165) is 37.0 Å². The molecule has 0 heterocycles. The Balaban J connectivity index is 0.00000392. The van der Waals surface area contributed by atoms with Crippen LogP contribution in [-0.4, -0.2) is 39.8 Å². The second-order valence-corrected chi connectivity index (χ2v) is 6.39. The van der Waals surface area contributed by atoms with Gasteiger partial charge >= 0.3 is 0 Å². The lowest BCUT2D eigenvalue weighted by molar-refractivity contribution is 0.407.